The number of carbonyl (C=O) groups is 1. The van der Waals surface area contributed by atoms with Crippen molar-refractivity contribution in [3.05, 3.63) is 82.4 Å². The van der Waals surface area contributed by atoms with E-state index >= 15 is 0 Å². The molecule has 0 radical (unpaired) electrons. The first-order valence-electron chi connectivity index (χ1n) is 8.03. The number of rotatable bonds is 4. The van der Waals surface area contributed by atoms with E-state index in [-0.39, 0.29) is 17.7 Å². The van der Waals surface area contributed by atoms with E-state index in [1.54, 1.807) is 42.5 Å². The van der Waals surface area contributed by atoms with Crippen LogP contribution >= 0.6 is 0 Å². The van der Waals surface area contributed by atoms with Gasteiger partial charge in [0.25, 0.3) is 0 Å². The highest BCUT2D eigenvalue weighted by atomic mass is 16.3. The molecule has 0 amide bonds. The van der Waals surface area contributed by atoms with Crippen LogP contribution in [0, 0.1) is 6.92 Å². The van der Waals surface area contributed by atoms with E-state index in [9.17, 15) is 25.2 Å². The van der Waals surface area contributed by atoms with Crippen molar-refractivity contribution < 1.29 is 25.2 Å². The zero-order valence-electron chi connectivity index (χ0n) is 14.1. The summed E-state index contributed by atoms with van der Waals surface area (Å²) in [5.41, 5.74) is 2.18. The van der Waals surface area contributed by atoms with Crippen molar-refractivity contribution in [1.29, 1.82) is 0 Å². The zero-order valence-corrected chi connectivity index (χ0v) is 14.1. The van der Waals surface area contributed by atoms with Crippen LogP contribution in [0.25, 0.3) is 0 Å². The number of hydrogen-bond acceptors (Lipinski definition) is 5. The Morgan fingerprint density at radius 2 is 1.50 bits per heavy atom. The van der Waals surface area contributed by atoms with E-state index < -0.39 is 23.0 Å². The Morgan fingerprint density at radius 3 is 2.15 bits per heavy atom. The Hall–Kier alpha value is -3.47. The van der Waals surface area contributed by atoms with Crippen molar-refractivity contribution in [2.24, 2.45) is 0 Å². The van der Waals surface area contributed by atoms with Gasteiger partial charge in [-0.15, -0.1) is 0 Å². The number of phenolic OH excluding ortho intramolecular Hbond substituents is 4. The first-order chi connectivity index (χ1) is 12.4. The molecule has 0 aliphatic carbocycles. The Bertz CT molecular complexity index is 977. The average molecular weight is 350 g/mol. The summed E-state index contributed by atoms with van der Waals surface area (Å²) < 4.78 is 0. The van der Waals surface area contributed by atoms with Gasteiger partial charge >= 0.3 is 0 Å². The van der Waals surface area contributed by atoms with Crippen molar-refractivity contribution >= 4 is 5.78 Å². The maximum Gasteiger partial charge on any atom is 0.201 e. The molecule has 4 N–H and O–H groups in total. The number of benzene rings is 3. The van der Waals surface area contributed by atoms with Crippen LogP contribution in [-0.2, 0) is 6.42 Å². The van der Waals surface area contributed by atoms with E-state index in [0.29, 0.717) is 11.1 Å². The van der Waals surface area contributed by atoms with E-state index in [0.717, 1.165) is 11.1 Å². The molecule has 0 spiro atoms. The van der Waals surface area contributed by atoms with Gasteiger partial charge in [0.15, 0.2) is 17.3 Å². The third-order valence-electron chi connectivity index (χ3n) is 4.31. The molecule has 0 aliphatic rings. The molecule has 3 aromatic carbocycles. The van der Waals surface area contributed by atoms with Crippen molar-refractivity contribution in [3.8, 4) is 23.0 Å². The normalized spacial score (nSPS) is 10.7. The van der Waals surface area contributed by atoms with Crippen LogP contribution in [0.1, 0.15) is 32.6 Å². The molecule has 5 nitrogen and oxygen atoms in total. The molecular formula is C21H18O5. The van der Waals surface area contributed by atoms with Crippen LogP contribution in [0.5, 0.6) is 23.0 Å². The van der Waals surface area contributed by atoms with E-state index in [1.165, 1.54) is 12.1 Å². The van der Waals surface area contributed by atoms with Crippen LogP contribution in [0.15, 0.2) is 54.6 Å². The predicted molar refractivity (Wildman–Crippen MR) is 97.0 cm³/mol. The molecule has 0 atom stereocenters. The van der Waals surface area contributed by atoms with Gasteiger partial charge in [0.2, 0.25) is 5.75 Å². The maximum atomic E-state index is 12.7. The Morgan fingerprint density at radius 1 is 0.808 bits per heavy atom. The highest BCUT2D eigenvalue weighted by molar-refractivity contribution is 6.11. The second kappa shape index (κ2) is 6.80. The lowest BCUT2D eigenvalue weighted by Crippen LogP contribution is -2.04. The van der Waals surface area contributed by atoms with Crippen LogP contribution in [0.3, 0.4) is 0 Å². The molecule has 3 rings (SSSR count). The molecule has 0 aliphatic heterocycles. The summed E-state index contributed by atoms with van der Waals surface area (Å²) in [6, 6.07) is 14.6. The summed E-state index contributed by atoms with van der Waals surface area (Å²) in [5.74, 6) is -2.17. The summed E-state index contributed by atoms with van der Waals surface area (Å²) in [6.07, 6.45) is 0.223. The van der Waals surface area contributed by atoms with E-state index in [1.807, 2.05) is 6.92 Å². The maximum absolute atomic E-state index is 12.7. The lowest BCUT2D eigenvalue weighted by atomic mass is 9.94. The van der Waals surface area contributed by atoms with Crippen molar-refractivity contribution in [2.45, 2.75) is 13.3 Å². The summed E-state index contributed by atoms with van der Waals surface area (Å²) in [5, 5.41) is 39.9. The zero-order chi connectivity index (χ0) is 18.8. The number of aryl methyl sites for hydroxylation is 1. The molecule has 0 saturated heterocycles. The van der Waals surface area contributed by atoms with Crippen molar-refractivity contribution in [2.75, 3.05) is 0 Å². The third kappa shape index (κ3) is 3.19. The van der Waals surface area contributed by atoms with Crippen LogP contribution in [-0.4, -0.2) is 26.2 Å². The van der Waals surface area contributed by atoms with Crippen LogP contribution in [0.2, 0.25) is 0 Å². The van der Waals surface area contributed by atoms with Crippen molar-refractivity contribution in [1.82, 2.24) is 0 Å². The first-order valence-corrected chi connectivity index (χ1v) is 8.03. The SMILES string of the molecule is Cc1cc(O)ccc1Cc1cc(C(=O)c2ccccc2)c(O)c(O)c1O. The second-order valence-corrected chi connectivity index (χ2v) is 6.11. The molecule has 5 heteroatoms. The van der Waals surface area contributed by atoms with Gasteiger partial charge in [-0.1, -0.05) is 36.4 Å². The Balaban J connectivity index is 2.07. The fourth-order valence-electron chi connectivity index (χ4n) is 2.84. The monoisotopic (exact) mass is 350 g/mol. The molecule has 0 heterocycles. The van der Waals surface area contributed by atoms with Gasteiger partial charge in [-0.2, -0.15) is 0 Å². The summed E-state index contributed by atoms with van der Waals surface area (Å²) in [7, 11) is 0. The highest BCUT2D eigenvalue weighted by Gasteiger charge is 2.22. The largest absolute Gasteiger partial charge is 0.508 e. The van der Waals surface area contributed by atoms with Gasteiger partial charge in [0.05, 0.1) is 5.56 Å². The summed E-state index contributed by atoms with van der Waals surface area (Å²) >= 11 is 0. The summed E-state index contributed by atoms with van der Waals surface area (Å²) in [4.78, 5) is 12.7. The third-order valence-corrected chi connectivity index (χ3v) is 4.31. The number of phenols is 4. The molecule has 0 fully saturated rings. The summed E-state index contributed by atoms with van der Waals surface area (Å²) in [6.45, 7) is 1.81. The quantitative estimate of drug-likeness (QED) is 0.425. The van der Waals surface area contributed by atoms with Gasteiger partial charge < -0.3 is 20.4 Å². The number of aromatic hydroxyl groups is 4. The fraction of sp³-hybridized carbons (Fsp3) is 0.0952. The van der Waals surface area contributed by atoms with E-state index in [4.69, 9.17) is 0 Å². The molecule has 0 bridgehead atoms. The minimum Gasteiger partial charge on any atom is -0.508 e. The molecule has 3 aromatic rings. The average Bonchev–Trinajstić information content (AvgIpc) is 2.64. The molecule has 132 valence electrons. The van der Waals surface area contributed by atoms with Crippen molar-refractivity contribution in [3.63, 3.8) is 0 Å². The van der Waals surface area contributed by atoms with Crippen LogP contribution < -0.4 is 0 Å². The van der Waals surface area contributed by atoms with E-state index in [2.05, 4.69) is 0 Å². The molecular weight excluding hydrogens is 332 g/mol. The Kier molecular flexibility index (Phi) is 4.54. The number of ketones is 1. The Labute approximate surface area is 150 Å². The molecule has 0 aromatic heterocycles. The topological polar surface area (TPSA) is 98.0 Å². The molecule has 0 unspecified atom stereocenters. The smallest absolute Gasteiger partial charge is 0.201 e. The number of carbonyl (C=O) groups excluding carboxylic acids is 1. The second-order valence-electron chi connectivity index (χ2n) is 6.11. The molecule has 0 saturated carbocycles. The van der Waals surface area contributed by atoms with Crippen LogP contribution in [0.4, 0.5) is 0 Å². The fourth-order valence-corrected chi connectivity index (χ4v) is 2.84. The minimum absolute atomic E-state index is 0.0852. The lowest BCUT2D eigenvalue weighted by molar-refractivity contribution is 0.103. The first kappa shape index (κ1) is 17.4. The van der Waals surface area contributed by atoms with Gasteiger partial charge in [0.1, 0.15) is 5.75 Å². The lowest BCUT2D eigenvalue weighted by Gasteiger charge is -2.13. The van der Waals surface area contributed by atoms with Gasteiger partial charge in [-0.3, -0.25) is 4.79 Å². The standard InChI is InChI=1S/C21H18O5/c1-12-9-16(22)8-7-14(12)10-15-11-17(20(25)21(26)19(15)24)18(23)13-5-3-2-4-6-13/h2-9,11,22,24-26H,10H2,1H3. The minimum atomic E-state index is -0.724. The predicted octanol–water partition coefficient (Wildman–Crippen LogP) is 3.64. The highest BCUT2D eigenvalue weighted by Crippen LogP contribution is 2.42. The molecule has 26 heavy (non-hydrogen) atoms. The van der Waals surface area contributed by atoms with Gasteiger partial charge in [-0.05, 0) is 36.2 Å². The van der Waals surface area contributed by atoms with Gasteiger partial charge in [-0.25, -0.2) is 0 Å². The van der Waals surface area contributed by atoms with Gasteiger partial charge in [0, 0.05) is 17.5 Å². The number of hydrogen-bond donors (Lipinski definition) is 4.